The maximum atomic E-state index is 15.3. The molecule has 0 amide bonds. The number of hydrogen-bond donors (Lipinski definition) is 0. The van der Waals surface area contributed by atoms with Crippen molar-refractivity contribution in [1.82, 2.24) is 0 Å². The van der Waals surface area contributed by atoms with E-state index in [0.29, 0.717) is 37.2 Å². The van der Waals surface area contributed by atoms with Crippen LogP contribution in [-0.2, 0) is 17.0 Å². The van der Waals surface area contributed by atoms with Gasteiger partial charge in [0, 0.05) is 5.92 Å². The zero-order valence-corrected chi connectivity index (χ0v) is 22.3. The van der Waals surface area contributed by atoms with E-state index >= 15 is 4.39 Å². The van der Waals surface area contributed by atoms with Crippen molar-refractivity contribution in [2.75, 3.05) is 13.2 Å². The van der Waals surface area contributed by atoms with Gasteiger partial charge in [-0.15, -0.1) is 0 Å². The molecule has 39 heavy (non-hydrogen) atoms. The number of benzene rings is 2. The molecule has 1 aliphatic carbocycles. The van der Waals surface area contributed by atoms with Crippen molar-refractivity contribution in [3.63, 3.8) is 0 Å². The van der Waals surface area contributed by atoms with Crippen molar-refractivity contribution in [3.05, 3.63) is 58.9 Å². The van der Waals surface area contributed by atoms with Crippen LogP contribution >= 0.6 is 0 Å². The predicted octanol–water partition coefficient (Wildman–Crippen LogP) is 9.24. The molecule has 216 valence electrons. The number of rotatable bonds is 9. The van der Waals surface area contributed by atoms with Gasteiger partial charge in [0.1, 0.15) is 22.9 Å². The van der Waals surface area contributed by atoms with Crippen LogP contribution in [0.15, 0.2) is 36.4 Å². The third-order valence-electron chi connectivity index (χ3n) is 8.02. The topological polar surface area (TPSA) is 27.7 Å². The summed E-state index contributed by atoms with van der Waals surface area (Å²) in [6.07, 6.45) is -1.86. The van der Waals surface area contributed by atoms with Gasteiger partial charge in [0.2, 0.25) is 0 Å². The van der Waals surface area contributed by atoms with Crippen molar-refractivity contribution >= 4 is 0 Å². The first-order valence-corrected chi connectivity index (χ1v) is 13.8. The molecule has 0 radical (unpaired) electrons. The molecular weight excluding hydrogens is 522 g/mol. The quantitative estimate of drug-likeness (QED) is 0.287. The molecule has 9 heteroatoms. The number of hydrogen-bond acceptors (Lipinski definition) is 3. The summed E-state index contributed by atoms with van der Waals surface area (Å²) in [4.78, 5) is 0. The van der Waals surface area contributed by atoms with E-state index in [1.54, 1.807) is 6.92 Å². The zero-order chi connectivity index (χ0) is 28.2. The molecule has 0 bridgehead atoms. The molecule has 0 aromatic heterocycles. The minimum absolute atomic E-state index is 0.000491. The van der Waals surface area contributed by atoms with Crippen LogP contribution in [0.25, 0.3) is 0 Å². The van der Waals surface area contributed by atoms with Gasteiger partial charge in [-0.1, -0.05) is 38.7 Å². The fourth-order valence-corrected chi connectivity index (χ4v) is 6.06. The summed E-state index contributed by atoms with van der Waals surface area (Å²) in [5.41, 5.74) is -3.50. The molecule has 2 aromatic carbocycles. The lowest BCUT2D eigenvalue weighted by atomic mass is 9.75. The third kappa shape index (κ3) is 7.02. The zero-order valence-electron chi connectivity index (χ0n) is 22.3. The number of halogens is 6. The molecule has 4 rings (SSSR count). The largest absolute Gasteiger partial charge is 0.494 e. The highest BCUT2D eigenvalue weighted by molar-refractivity contribution is 5.40. The van der Waals surface area contributed by atoms with Crippen molar-refractivity contribution in [2.24, 2.45) is 11.8 Å². The van der Waals surface area contributed by atoms with Crippen LogP contribution in [0.3, 0.4) is 0 Å². The van der Waals surface area contributed by atoms with Gasteiger partial charge in [-0.25, -0.2) is 4.39 Å². The lowest BCUT2D eigenvalue weighted by Crippen LogP contribution is -2.34. The first-order chi connectivity index (χ1) is 18.5. The Bertz CT molecular complexity index is 1070. The van der Waals surface area contributed by atoms with Gasteiger partial charge in [0.15, 0.2) is 0 Å². The van der Waals surface area contributed by atoms with Gasteiger partial charge >= 0.3 is 12.3 Å². The van der Waals surface area contributed by atoms with Crippen LogP contribution in [-0.4, -0.2) is 19.3 Å². The van der Waals surface area contributed by atoms with Crippen molar-refractivity contribution in [3.8, 4) is 11.5 Å². The number of ether oxygens (including phenoxy) is 3. The Hall–Kier alpha value is -2.42. The Morgan fingerprint density at radius 3 is 2.08 bits per heavy atom. The first-order valence-electron chi connectivity index (χ1n) is 13.8. The smallest absolute Gasteiger partial charge is 0.429 e. The van der Waals surface area contributed by atoms with E-state index in [2.05, 4.69) is 11.7 Å². The van der Waals surface area contributed by atoms with Crippen LogP contribution in [0, 0.1) is 17.7 Å². The molecule has 2 unspecified atom stereocenters. The molecule has 1 aliphatic heterocycles. The Morgan fingerprint density at radius 1 is 0.846 bits per heavy atom. The van der Waals surface area contributed by atoms with E-state index in [4.69, 9.17) is 9.47 Å². The molecule has 2 atom stereocenters. The second kappa shape index (κ2) is 12.4. The van der Waals surface area contributed by atoms with Crippen molar-refractivity contribution < 1.29 is 40.6 Å². The van der Waals surface area contributed by atoms with Gasteiger partial charge in [-0.2, -0.15) is 22.0 Å². The lowest BCUT2D eigenvalue weighted by molar-refractivity contribution is -0.188. The Morgan fingerprint density at radius 2 is 1.51 bits per heavy atom. The van der Waals surface area contributed by atoms with Gasteiger partial charge < -0.3 is 14.2 Å². The van der Waals surface area contributed by atoms with E-state index in [9.17, 15) is 22.0 Å². The second-order valence-corrected chi connectivity index (χ2v) is 10.6. The van der Waals surface area contributed by atoms with Gasteiger partial charge in [0.25, 0.3) is 0 Å². The molecule has 0 N–H and O–H groups in total. The van der Waals surface area contributed by atoms with E-state index in [1.165, 1.54) is 30.7 Å². The van der Waals surface area contributed by atoms with E-state index in [1.807, 2.05) is 0 Å². The molecule has 2 fully saturated rings. The lowest BCUT2D eigenvalue weighted by Gasteiger charge is -2.38. The SMILES string of the molecule is CCCC1CCC(C2CCC(c3ccc(C(F)(F)Oc4ccc(OCC)cc4)c(F)c3C(F)(F)F)CO2)CC1. The molecule has 3 nitrogen and oxygen atoms in total. The molecule has 2 aliphatic rings. The minimum Gasteiger partial charge on any atom is -0.494 e. The highest BCUT2D eigenvalue weighted by atomic mass is 19.4. The Labute approximate surface area is 225 Å². The van der Waals surface area contributed by atoms with Crippen molar-refractivity contribution in [2.45, 2.75) is 89.5 Å². The molecule has 1 saturated carbocycles. The average Bonchev–Trinajstić information content (AvgIpc) is 2.89. The molecule has 1 saturated heterocycles. The molecule has 2 aromatic rings. The summed E-state index contributed by atoms with van der Waals surface area (Å²) >= 11 is 0. The number of alkyl halides is 5. The molecule has 0 spiro atoms. The van der Waals surface area contributed by atoms with E-state index in [0.717, 1.165) is 44.1 Å². The predicted molar refractivity (Wildman–Crippen MR) is 136 cm³/mol. The molecular formula is C30H36F6O3. The monoisotopic (exact) mass is 558 g/mol. The summed E-state index contributed by atoms with van der Waals surface area (Å²) in [6, 6.07) is 6.76. The van der Waals surface area contributed by atoms with Crippen molar-refractivity contribution in [1.29, 1.82) is 0 Å². The third-order valence-corrected chi connectivity index (χ3v) is 8.02. The van der Waals surface area contributed by atoms with Gasteiger partial charge in [-0.3, -0.25) is 0 Å². The van der Waals surface area contributed by atoms with E-state index in [-0.39, 0.29) is 24.0 Å². The summed E-state index contributed by atoms with van der Waals surface area (Å²) in [5.74, 6) is -1.58. The fourth-order valence-electron chi connectivity index (χ4n) is 6.06. The standard InChI is InChI=1S/C30H36F6O3/c1-3-5-19-6-8-20(9-7-19)26-17-10-21(18-38-26)24-15-16-25(28(31)27(24)29(32,33)34)30(35,36)39-23-13-11-22(12-14-23)37-4-2/h11-16,19-21,26H,3-10,17-18H2,1-2H3. The van der Waals surface area contributed by atoms with Crippen LogP contribution < -0.4 is 9.47 Å². The summed E-state index contributed by atoms with van der Waals surface area (Å²) in [5, 5.41) is 0. The Balaban J connectivity index is 1.49. The van der Waals surface area contributed by atoms with Crippen LogP contribution in [0.5, 0.6) is 11.5 Å². The minimum atomic E-state index is -5.17. The van der Waals surface area contributed by atoms with Crippen LogP contribution in [0.1, 0.15) is 87.8 Å². The fraction of sp³-hybridized carbons (Fsp3) is 0.600. The molecule has 1 heterocycles. The van der Waals surface area contributed by atoms with Crippen LogP contribution in [0.4, 0.5) is 26.3 Å². The van der Waals surface area contributed by atoms with Gasteiger partial charge in [0.05, 0.1) is 24.9 Å². The summed E-state index contributed by atoms with van der Waals surface area (Å²) < 4.78 is 103. The normalized spacial score (nSPS) is 24.4. The van der Waals surface area contributed by atoms with Crippen LogP contribution in [0.2, 0.25) is 0 Å². The first kappa shape index (κ1) is 29.6. The maximum absolute atomic E-state index is 15.3. The highest BCUT2D eigenvalue weighted by Gasteiger charge is 2.46. The van der Waals surface area contributed by atoms with E-state index < -0.39 is 35.1 Å². The maximum Gasteiger partial charge on any atom is 0.429 e. The average molecular weight is 559 g/mol. The highest BCUT2D eigenvalue weighted by Crippen LogP contribution is 2.45. The second-order valence-electron chi connectivity index (χ2n) is 10.6. The Kier molecular flexibility index (Phi) is 9.40. The van der Waals surface area contributed by atoms with Gasteiger partial charge in [-0.05, 0) is 80.3 Å². The summed E-state index contributed by atoms with van der Waals surface area (Å²) in [7, 11) is 0. The summed E-state index contributed by atoms with van der Waals surface area (Å²) in [6.45, 7) is 4.29.